The quantitative estimate of drug-likeness (QED) is 0.670. The number of hydrogen-bond acceptors (Lipinski definition) is 2. The molecule has 0 atom stereocenters. The second kappa shape index (κ2) is 4.97. The summed E-state index contributed by atoms with van der Waals surface area (Å²) in [6.07, 6.45) is 9.08. The van der Waals surface area contributed by atoms with Gasteiger partial charge in [0.15, 0.2) is 0 Å². The molecule has 1 N–H and O–H groups in total. The van der Waals surface area contributed by atoms with Crippen LogP contribution in [0.2, 0.25) is 0 Å². The van der Waals surface area contributed by atoms with E-state index in [9.17, 15) is 4.79 Å². The minimum atomic E-state index is -0.108. The van der Waals surface area contributed by atoms with Crippen LogP contribution < -0.4 is 5.43 Å². The summed E-state index contributed by atoms with van der Waals surface area (Å²) >= 11 is 0. The molecular formula is C18H22N2O. The molecule has 4 aliphatic carbocycles. The monoisotopic (exact) mass is 282 g/mol. The molecule has 3 heteroatoms. The van der Waals surface area contributed by atoms with E-state index in [4.69, 9.17) is 0 Å². The van der Waals surface area contributed by atoms with Gasteiger partial charge in [-0.3, -0.25) is 4.79 Å². The number of amides is 1. The Labute approximate surface area is 125 Å². The molecule has 4 saturated carbocycles. The van der Waals surface area contributed by atoms with Crippen LogP contribution in [-0.2, 0) is 4.79 Å². The van der Waals surface area contributed by atoms with Crippen LogP contribution >= 0.6 is 0 Å². The molecule has 3 nitrogen and oxygen atoms in total. The molecule has 5 rings (SSSR count). The van der Waals surface area contributed by atoms with Gasteiger partial charge in [-0.15, -0.1) is 0 Å². The lowest BCUT2D eigenvalue weighted by Crippen LogP contribution is -2.52. The number of hydrazone groups is 1. The van der Waals surface area contributed by atoms with E-state index in [-0.39, 0.29) is 11.3 Å². The van der Waals surface area contributed by atoms with E-state index in [1.807, 2.05) is 30.3 Å². The lowest BCUT2D eigenvalue weighted by molar-refractivity contribution is -0.146. The molecule has 4 bridgehead atoms. The second-order valence-corrected chi connectivity index (χ2v) is 7.31. The summed E-state index contributed by atoms with van der Waals surface area (Å²) in [5.41, 5.74) is 3.73. The first-order chi connectivity index (χ1) is 10.2. The van der Waals surface area contributed by atoms with Gasteiger partial charge in [-0.05, 0) is 61.8 Å². The van der Waals surface area contributed by atoms with E-state index in [1.54, 1.807) is 6.21 Å². The van der Waals surface area contributed by atoms with Crippen molar-refractivity contribution in [3.8, 4) is 0 Å². The summed E-state index contributed by atoms with van der Waals surface area (Å²) in [5, 5.41) is 4.17. The van der Waals surface area contributed by atoms with Crippen LogP contribution in [0.25, 0.3) is 0 Å². The molecular weight excluding hydrogens is 260 g/mol. The first-order valence-corrected chi connectivity index (χ1v) is 8.12. The second-order valence-electron chi connectivity index (χ2n) is 7.31. The van der Waals surface area contributed by atoms with E-state index in [0.29, 0.717) is 0 Å². The summed E-state index contributed by atoms with van der Waals surface area (Å²) in [6.45, 7) is 0. The number of carbonyl (C=O) groups excluding carboxylic acids is 1. The Bertz CT molecular complexity index is 529. The Morgan fingerprint density at radius 1 is 1.05 bits per heavy atom. The normalized spacial score (nSPS) is 37.0. The van der Waals surface area contributed by atoms with Gasteiger partial charge in [-0.1, -0.05) is 30.3 Å². The highest BCUT2D eigenvalue weighted by Crippen LogP contribution is 2.60. The number of nitrogens with zero attached hydrogens (tertiary/aromatic N) is 1. The zero-order valence-corrected chi connectivity index (χ0v) is 12.3. The fourth-order valence-corrected chi connectivity index (χ4v) is 5.21. The van der Waals surface area contributed by atoms with Crippen LogP contribution in [0.1, 0.15) is 44.1 Å². The van der Waals surface area contributed by atoms with E-state index >= 15 is 0 Å². The highest BCUT2D eigenvalue weighted by atomic mass is 16.2. The van der Waals surface area contributed by atoms with Crippen molar-refractivity contribution in [3.63, 3.8) is 0 Å². The van der Waals surface area contributed by atoms with Gasteiger partial charge < -0.3 is 0 Å². The van der Waals surface area contributed by atoms with Crippen LogP contribution in [0.5, 0.6) is 0 Å². The standard InChI is InChI=1S/C18H22N2O/c21-17(20-19-12-13-4-2-1-3-5-13)18-9-14-6-15(10-18)8-16(7-14)11-18/h1-5,12,14-16H,6-11H2,(H,20,21)/b19-12-. The van der Waals surface area contributed by atoms with E-state index < -0.39 is 0 Å². The number of benzene rings is 1. The molecule has 0 aromatic heterocycles. The molecule has 1 aromatic rings. The SMILES string of the molecule is O=C(N/N=C\c1ccccc1)C12CC3CC(CC(C3)C1)C2. The Morgan fingerprint density at radius 3 is 2.19 bits per heavy atom. The molecule has 0 unspecified atom stereocenters. The molecule has 110 valence electrons. The van der Waals surface area contributed by atoms with Crippen molar-refractivity contribution in [2.75, 3.05) is 0 Å². The largest absolute Gasteiger partial charge is 0.273 e. The Hall–Kier alpha value is -1.64. The third-order valence-electron chi connectivity index (χ3n) is 5.70. The van der Waals surface area contributed by atoms with Gasteiger partial charge in [0.2, 0.25) is 5.91 Å². The highest BCUT2D eigenvalue weighted by Gasteiger charge is 2.54. The lowest BCUT2D eigenvalue weighted by Gasteiger charge is -2.55. The maximum Gasteiger partial charge on any atom is 0.246 e. The number of carbonyl (C=O) groups is 1. The zero-order chi connectivity index (χ0) is 14.3. The molecule has 0 saturated heterocycles. The van der Waals surface area contributed by atoms with Gasteiger partial charge in [0.05, 0.1) is 11.6 Å². The molecule has 0 radical (unpaired) electrons. The molecule has 1 aromatic carbocycles. The van der Waals surface area contributed by atoms with Gasteiger partial charge in [-0.25, -0.2) is 5.43 Å². The van der Waals surface area contributed by atoms with Crippen molar-refractivity contribution >= 4 is 12.1 Å². The average molecular weight is 282 g/mol. The van der Waals surface area contributed by atoms with Gasteiger partial charge in [0, 0.05) is 0 Å². The summed E-state index contributed by atoms with van der Waals surface area (Å²) < 4.78 is 0. The first-order valence-electron chi connectivity index (χ1n) is 8.12. The maximum atomic E-state index is 12.7. The van der Waals surface area contributed by atoms with Gasteiger partial charge in [0.1, 0.15) is 0 Å². The fourth-order valence-electron chi connectivity index (χ4n) is 5.21. The topological polar surface area (TPSA) is 41.5 Å². The van der Waals surface area contributed by atoms with E-state index in [0.717, 1.165) is 42.6 Å². The molecule has 4 aliphatic rings. The van der Waals surface area contributed by atoms with Crippen LogP contribution in [0.3, 0.4) is 0 Å². The van der Waals surface area contributed by atoms with Crippen LogP contribution in [0.4, 0.5) is 0 Å². The smallest absolute Gasteiger partial charge is 0.246 e. The highest BCUT2D eigenvalue weighted by molar-refractivity contribution is 5.85. The predicted octanol–water partition coefficient (Wildman–Crippen LogP) is 3.35. The van der Waals surface area contributed by atoms with Crippen LogP contribution in [-0.4, -0.2) is 12.1 Å². The van der Waals surface area contributed by atoms with E-state index in [2.05, 4.69) is 10.5 Å². The Kier molecular flexibility index (Phi) is 3.09. The summed E-state index contributed by atoms with van der Waals surface area (Å²) in [7, 11) is 0. The number of rotatable bonds is 3. The Morgan fingerprint density at radius 2 is 1.62 bits per heavy atom. The van der Waals surface area contributed by atoms with Crippen molar-refractivity contribution in [2.45, 2.75) is 38.5 Å². The molecule has 0 heterocycles. The van der Waals surface area contributed by atoms with Crippen molar-refractivity contribution in [1.29, 1.82) is 0 Å². The maximum absolute atomic E-state index is 12.7. The predicted molar refractivity (Wildman–Crippen MR) is 82.8 cm³/mol. The van der Waals surface area contributed by atoms with Gasteiger partial charge >= 0.3 is 0 Å². The molecule has 4 fully saturated rings. The minimum absolute atomic E-state index is 0.108. The lowest BCUT2D eigenvalue weighted by atomic mass is 9.49. The third-order valence-corrected chi connectivity index (χ3v) is 5.70. The minimum Gasteiger partial charge on any atom is -0.273 e. The summed E-state index contributed by atoms with van der Waals surface area (Å²) in [4.78, 5) is 12.7. The van der Waals surface area contributed by atoms with Crippen LogP contribution in [0.15, 0.2) is 35.4 Å². The van der Waals surface area contributed by atoms with Crippen molar-refractivity contribution in [3.05, 3.63) is 35.9 Å². The van der Waals surface area contributed by atoms with Crippen molar-refractivity contribution < 1.29 is 4.79 Å². The fraction of sp³-hybridized carbons (Fsp3) is 0.556. The number of hydrogen-bond donors (Lipinski definition) is 1. The van der Waals surface area contributed by atoms with Crippen LogP contribution in [0, 0.1) is 23.2 Å². The average Bonchev–Trinajstić information content (AvgIpc) is 2.47. The molecule has 21 heavy (non-hydrogen) atoms. The van der Waals surface area contributed by atoms with Crippen molar-refractivity contribution in [2.24, 2.45) is 28.3 Å². The first kappa shape index (κ1) is 13.1. The molecule has 0 aliphatic heterocycles. The Balaban J connectivity index is 1.44. The van der Waals surface area contributed by atoms with Gasteiger partial charge in [-0.2, -0.15) is 5.10 Å². The van der Waals surface area contributed by atoms with Gasteiger partial charge in [0.25, 0.3) is 0 Å². The van der Waals surface area contributed by atoms with Crippen molar-refractivity contribution in [1.82, 2.24) is 5.43 Å². The zero-order valence-electron chi connectivity index (χ0n) is 12.3. The third kappa shape index (κ3) is 2.39. The summed E-state index contributed by atoms with van der Waals surface area (Å²) in [5.74, 6) is 2.54. The molecule has 1 amide bonds. The number of nitrogens with one attached hydrogen (secondary N) is 1. The summed E-state index contributed by atoms with van der Waals surface area (Å²) in [6, 6.07) is 9.90. The van der Waals surface area contributed by atoms with E-state index in [1.165, 1.54) is 19.3 Å². The molecule has 0 spiro atoms.